The van der Waals surface area contributed by atoms with Crippen LogP contribution in [0.25, 0.3) is 0 Å². The number of rotatable bonds is 7. The van der Waals surface area contributed by atoms with Crippen LogP contribution in [0.1, 0.15) is 39.5 Å². The zero-order valence-electron chi connectivity index (χ0n) is 10.2. The maximum atomic E-state index is 12.2. The standard InChI is InChI=1S/C12H22N2OS/c1-3-5-10(11(13)16)12(15)14(4-2)8-9-6-7-9/h9-10H,3-8H2,1-2H3,(H2,13,16). The van der Waals surface area contributed by atoms with Gasteiger partial charge in [-0.2, -0.15) is 0 Å². The minimum absolute atomic E-state index is 0.128. The molecule has 0 radical (unpaired) electrons. The van der Waals surface area contributed by atoms with Gasteiger partial charge in [-0.1, -0.05) is 25.6 Å². The molecule has 16 heavy (non-hydrogen) atoms. The molecule has 1 amide bonds. The largest absolute Gasteiger partial charge is 0.393 e. The Labute approximate surface area is 103 Å². The summed E-state index contributed by atoms with van der Waals surface area (Å²) in [6.07, 6.45) is 4.23. The summed E-state index contributed by atoms with van der Waals surface area (Å²) in [7, 11) is 0. The molecule has 92 valence electrons. The maximum Gasteiger partial charge on any atom is 0.232 e. The number of nitrogens with two attached hydrogens (primary N) is 1. The molecule has 0 saturated heterocycles. The van der Waals surface area contributed by atoms with Crippen molar-refractivity contribution in [3.63, 3.8) is 0 Å². The summed E-state index contributed by atoms with van der Waals surface area (Å²) in [5, 5.41) is 0. The van der Waals surface area contributed by atoms with Crippen molar-refractivity contribution in [3.05, 3.63) is 0 Å². The third-order valence-electron chi connectivity index (χ3n) is 3.09. The number of carbonyl (C=O) groups is 1. The van der Waals surface area contributed by atoms with Crippen molar-refractivity contribution in [3.8, 4) is 0 Å². The van der Waals surface area contributed by atoms with Gasteiger partial charge in [-0.05, 0) is 32.1 Å². The average Bonchev–Trinajstić information content (AvgIpc) is 3.05. The number of thiocarbonyl (C=S) groups is 1. The second-order valence-electron chi connectivity index (χ2n) is 4.56. The van der Waals surface area contributed by atoms with Crippen LogP contribution in [0.2, 0.25) is 0 Å². The van der Waals surface area contributed by atoms with Crippen LogP contribution in [0.15, 0.2) is 0 Å². The van der Waals surface area contributed by atoms with E-state index in [2.05, 4.69) is 6.92 Å². The molecule has 1 saturated carbocycles. The molecule has 1 unspecified atom stereocenters. The van der Waals surface area contributed by atoms with Crippen molar-refractivity contribution in [2.75, 3.05) is 13.1 Å². The Bertz CT molecular complexity index is 264. The summed E-state index contributed by atoms with van der Waals surface area (Å²) in [5.41, 5.74) is 5.65. The molecule has 1 fully saturated rings. The lowest BCUT2D eigenvalue weighted by Crippen LogP contribution is -2.42. The molecule has 1 rings (SSSR count). The van der Waals surface area contributed by atoms with E-state index in [1.807, 2.05) is 11.8 Å². The lowest BCUT2D eigenvalue weighted by atomic mass is 10.0. The average molecular weight is 242 g/mol. The zero-order valence-corrected chi connectivity index (χ0v) is 11.1. The van der Waals surface area contributed by atoms with Gasteiger partial charge in [0.1, 0.15) is 0 Å². The summed E-state index contributed by atoms with van der Waals surface area (Å²) in [6.45, 7) is 5.72. The Morgan fingerprint density at radius 2 is 2.12 bits per heavy atom. The number of hydrogen-bond donors (Lipinski definition) is 1. The smallest absolute Gasteiger partial charge is 0.232 e. The number of amides is 1. The van der Waals surface area contributed by atoms with Gasteiger partial charge >= 0.3 is 0 Å². The molecule has 0 aromatic rings. The van der Waals surface area contributed by atoms with Gasteiger partial charge in [-0.3, -0.25) is 4.79 Å². The van der Waals surface area contributed by atoms with Gasteiger partial charge in [0, 0.05) is 13.1 Å². The van der Waals surface area contributed by atoms with Gasteiger partial charge in [0.25, 0.3) is 0 Å². The first-order chi connectivity index (χ1) is 7.60. The van der Waals surface area contributed by atoms with Crippen LogP contribution >= 0.6 is 12.2 Å². The molecular formula is C12H22N2OS. The highest BCUT2D eigenvalue weighted by Crippen LogP contribution is 2.30. The lowest BCUT2D eigenvalue weighted by molar-refractivity contribution is -0.133. The Hall–Kier alpha value is -0.640. The first kappa shape index (κ1) is 13.4. The van der Waals surface area contributed by atoms with E-state index >= 15 is 0 Å². The Morgan fingerprint density at radius 3 is 2.50 bits per heavy atom. The molecule has 0 spiro atoms. The molecule has 0 aromatic heterocycles. The van der Waals surface area contributed by atoms with E-state index in [-0.39, 0.29) is 11.8 Å². The van der Waals surface area contributed by atoms with Crippen LogP contribution in [0.3, 0.4) is 0 Å². The van der Waals surface area contributed by atoms with Gasteiger partial charge in [-0.25, -0.2) is 0 Å². The van der Waals surface area contributed by atoms with E-state index in [1.54, 1.807) is 0 Å². The van der Waals surface area contributed by atoms with Crippen molar-refractivity contribution >= 4 is 23.1 Å². The van der Waals surface area contributed by atoms with E-state index in [0.29, 0.717) is 4.99 Å². The van der Waals surface area contributed by atoms with Crippen molar-refractivity contribution in [2.45, 2.75) is 39.5 Å². The molecule has 0 aliphatic heterocycles. The van der Waals surface area contributed by atoms with E-state index in [1.165, 1.54) is 12.8 Å². The molecule has 0 aromatic carbocycles. The highest BCUT2D eigenvalue weighted by atomic mass is 32.1. The van der Waals surface area contributed by atoms with Crippen LogP contribution in [0.4, 0.5) is 0 Å². The SMILES string of the molecule is CCCC(C(=O)N(CC)CC1CC1)C(N)=S. The molecule has 1 atom stereocenters. The third-order valence-corrected chi connectivity index (χ3v) is 3.37. The predicted molar refractivity (Wildman–Crippen MR) is 70.2 cm³/mol. The summed E-state index contributed by atoms with van der Waals surface area (Å²) in [5.74, 6) is 0.597. The van der Waals surface area contributed by atoms with Crippen molar-refractivity contribution in [1.29, 1.82) is 0 Å². The number of hydrogen-bond acceptors (Lipinski definition) is 2. The molecule has 4 heteroatoms. The Balaban J connectivity index is 2.57. The molecule has 0 bridgehead atoms. The molecule has 3 nitrogen and oxygen atoms in total. The third kappa shape index (κ3) is 3.74. The highest BCUT2D eigenvalue weighted by molar-refractivity contribution is 7.80. The summed E-state index contributed by atoms with van der Waals surface area (Å²) in [6, 6.07) is 0. The van der Waals surface area contributed by atoms with E-state index in [4.69, 9.17) is 18.0 Å². The predicted octanol–water partition coefficient (Wildman–Crippen LogP) is 1.95. The summed E-state index contributed by atoms with van der Waals surface area (Å²) in [4.78, 5) is 14.5. The summed E-state index contributed by atoms with van der Waals surface area (Å²) < 4.78 is 0. The van der Waals surface area contributed by atoms with E-state index in [0.717, 1.165) is 31.8 Å². The highest BCUT2D eigenvalue weighted by Gasteiger charge is 2.30. The van der Waals surface area contributed by atoms with Gasteiger partial charge in [0.05, 0.1) is 10.9 Å². The number of carbonyl (C=O) groups excluding carboxylic acids is 1. The van der Waals surface area contributed by atoms with E-state index in [9.17, 15) is 4.79 Å². The van der Waals surface area contributed by atoms with Crippen LogP contribution in [0, 0.1) is 11.8 Å². The van der Waals surface area contributed by atoms with Crippen LogP contribution in [-0.4, -0.2) is 28.9 Å². The van der Waals surface area contributed by atoms with Crippen molar-refractivity contribution < 1.29 is 4.79 Å². The lowest BCUT2D eigenvalue weighted by Gasteiger charge is -2.25. The van der Waals surface area contributed by atoms with Gasteiger partial charge in [-0.15, -0.1) is 0 Å². The minimum Gasteiger partial charge on any atom is -0.393 e. The van der Waals surface area contributed by atoms with Gasteiger partial charge < -0.3 is 10.6 Å². The fourth-order valence-electron chi connectivity index (χ4n) is 1.88. The topological polar surface area (TPSA) is 46.3 Å². The second-order valence-corrected chi connectivity index (χ2v) is 5.04. The van der Waals surface area contributed by atoms with Crippen LogP contribution in [-0.2, 0) is 4.79 Å². The molecular weight excluding hydrogens is 220 g/mol. The second kappa shape index (κ2) is 6.18. The fourth-order valence-corrected chi connectivity index (χ4v) is 2.10. The Kier molecular flexibility index (Phi) is 5.19. The monoisotopic (exact) mass is 242 g/mol. The fraction of sp³-hybridized carbons (Fsp3) is 0.833. The molecule has 0 heterocycles. The maximum absolute atomic E-state index is 12.2. The molecule has 1 aliphatic rings. The van der Waals surface area contributed by atoms with Crippen molar-refractivity contribution in [1.82, 2.24) is 4.90 Å². The first-order valence-corrected chi connectivity index (χ1v) is 6.59. The molecule has 2 N–H and O–H groups in total. The summed E-state index contributed by atoms with van der Waals surface area (Å²) >= 11 is 4.99. The minimum atomic E-state index is -0.251. The quantitative estimate of drug-likeness (QED) is 0.694. The van der Waals surface area contributed by atoms with E-state index < -0.39 is 0 Å². The van der Waals surface area contributed by atoms with Crippen LogP contribution < -0.4 is 5.73 Å². The molecule has 1 aliphatic carbocycles. The Morgan fingerprint density at radius 1 is 1.50 bits per heavy atom. The van der Waals surface area contributed by atoms with Crippen LogP contribution in [0.5, 0.6) is 0 Å². The zero-order chi connectivity index (χ0) is 12.1. The first-order valence-electron chi connectivity index (χ1n) is 6.18. The van der Waals surface area contributed by atoms with Crippen molar-refractivity contribution in [2.24, 2.45) is 17.6 Å². The van der Waals surface area contributed by atoms with Gasteiger partial charge in [0.2, 0.25) is 5.91 Å². The normalized spacial score (nSPS) is 16.9. The van der Waals surface area contributed by atoms with Gasteiger partial charge in [0.15, 0.2) is 0 Å². The number of nitrogens with zero attached hydrogens (tertiary/aromatic N) is 1.